The van der Waals surface area contributed by atoms with Crippen molar-refractivity contribution in [2.24, 2.45) is 0 Å². The van der Waals surface area contributed by atoms with Gasteiger partial charge in [-0.05, 0) is 19.8 Å². The van der Waals surface area contributed by atoms with E-state index < -0.39 is 0 Å². The molecule has 1 amide bonds. The Morgan fingerprint density at radius 2 is 2.12 bits per heavy atom. The minimum absolute atomic E-state index is 0.0386. The van der Waals surface area contributed by atoms with Gasteiger partial charge >= 0.3 is 0 Å². The summed E-state index contributed by atoms with van der Waals surface area (Å²) in [6.45, 7) is 5.99. The monoisotopic (exact) mass is 240 g/mol. The lowest BCUT2D eigenvalue weighted by Crippen LogP contribution is -2.57. The van der Waals surface area contributed by atoms with Crippen LogP contribution in [0.5, 0.6) is 0 Å². The second-order valence-corrected chi connectivity index (χ2v) is 4.90. The maximum atomic E-state index is 11.7. The van der Waals surface area contributed by atoms with E-state index in [4.69, 9.17) is 0 Å². The van der Waals surface area contributed by atoms with E-state index >= 15 is 0 Å². The Balaban J connectivity index is 2.48. The fourth-order valence-corrected chi connectivity index (χ4v) is 2.43. The quantitative estimate of drug-likeness (QED) is 0.606. The van der Waals surface area contributed by atoms with Gasteiger partial charge in [0.25, 0.3) is 0 Å². The third-order valence-corrected chi connectivity index (χ3v) is 3.45. The van der Waals surface area contributed by atoms with Crippen molar-refractivity contribution < 1.29 is 9.90 Å². The van der Waals surface area contributed by atoms with Crippen molar-refractivity contribution in [2.75, 3.05) is 13.2 Å². The molecule has 1 aliphatic carbocycles. The van der Waals surface area contributed by atoms with Gasteiger partial charge in [-0.3, -0.25) is 10.1 Å². The average Bonchev–Trinajstić information content (AvgIpc) is 2.36. The van der Waals surface area contributed by atoms with E-state index in [-0.39, 0.29) is 24.1 Å². The molecule has 0 bridgehead atoms. The van der Waals surface area contributed by atoms with Crippen molar-refractivity contribution in [1.29, 1.82) is 0 Å². The van der Waals surface area contributed by atoms with Gasteiger partial charge in [-0.2, -0.15) is 0 Å². The third kappa shape index (κ3) is 4.13. The SMILES string of the molecule is C=CCNC(=O)C(C)NC1(CO)CCCCC1. The van der Waals surface area contributed by atoms with Crippen LogP contribution >= 0.6 is 0 Å². The Bertz CT molecular complexity index is 260. The van der Waals surface area contributed by atoms with Gasteiger partial charge in [-0.1, -0.05) is 25.3 Å². The molecule has 1 fully saturated rings. The van der Waals surface area contributed by atoms with Crippen LogP contribution < -0.4 is 10.6 Å². The molecule has 1 atom stereocenters. The zero-order chi connectivity index (χ0) is 12.7. The highest BCUT2D eigenvalue weighted by atomic mass is 16.3. The molecular weight excluding hydrogens is 216 g/mol. The number of hydrogen-bond donors (Lipinski definition) is 3. The minimum atomic E-state index is -0.278. The molecule has 0 spiro atoms. The molecule has 0 aromatic heterocycles. The molecule has 0 aliphatic heterocycles. The van der Waals surface area contributed by atoms with E-state index in [1.165, 1.54) is 6.42 Å². The van der Waals surface area contributed by atoms with Crippen molar-refractivity contribution >= 4 is 5.91 Å². The smallest absolute Gasteiger partial charge is 0.237 e. The van der Waals surface area contributed by atoms with Gasteiger partial charge in [0, 0.05) is 12.1 Å². The summed E-state index contributed by atoms with van der Waals surface area (Å²) in [6, 6.07) is -0.278. The molecule has 0 aromatic rings. The van der Waals surface area contributed by atoms with Crippen LogP contribution in [0, 0.1) is 0 Å². The topological polar surface area (TPSA) is 61.4 Å². The standard InChI is InChI=1S/C13H24N2O2/c1-3-9-14-12(17)11(2)15-13(10-16)7-5-4-6-8-13/h3,11,15-16H,1,4-10H2,2H3,(H,14,17). The van der Waals surface area contributed by atoms with E-state index in [1.54, 1.807) is 6.08 Å². The van der Waals surface area contributed by atoms with Crippen LogP contribution in [0.4, 0.5) is 0 Å². The third-order valence-electron chi connectivity index (χ3n) is 3.45. The highest BCUT2D eigenvalue weighted by Crippen LogP contribution is 2.28. The summed E-state index contributed by atoms with van der Waals surface area (Å²) in [5.41, 5.74) is -0.261. The summed E-state index contributed by atoms with van der Waals surface area (Å²) >= 11 is 0. The Morgan fingerprint density at radius 3 is 2.65 bits per heavy atom. The van der Waals surface area contributed by atoms with Gasteiger partial charge in [-0.25, -0.2) is 0 Å². The van der Waals surface area contributed by atoms with Crippen molar-refractivity contribution in [3.63, 3.8) is 0 Å². The number of nitrogens with one attached hydrogen (secondary N) is 2. The molecule has 0 heterocycles. The molecule has 0 saturated heterocycles. The van der Waals surface area contributed by atoms with Gasteiger partial charge in [0.2, 0.25) is 5.91 Å². The number of rotatable bonds is 6. The number of hydrogen-bond acceptors (Lipinski definition) is 3. The van der Waals surface area contributed by atoms with Crippen molar-refractivity contribution in [2.45, 2.75) is 50.6 Å². The molecule has 0 radical (unpaired) electrons. The van der Waals surface area contributed by atoms with Gasteiger partial charge < -0.3 is 10.4 Å². The second-order valence-electron chi connectivity index (χ2n) is 4.90. The Hall–Kier alpha value is -0.870. The summed E-state index contributed by atoms with van der Waals surface area (Å²) in [6.07, 6.45) is 7.02. The number of aliphatic hydroxyl groups is 1. The molecule has 3 N–H and O–H groups in total. The minimum Gasteiger partial charge on any atom is -0.394 e. The fourth-order valence-electron chi connectivity index (χ4n) is 2.43. The normalized spacial score (nSPS) is 20.6. The summed E-state index contributed by atoms with van der Waals surface area (Å²) in [5, 5.41) is 15.6. The number of aliphatic hydroxyl groups excluding tert-OH is 1. The molecule has 1 aliphatic rings. The van der Waals surface area contributed by atoms with Gasteiger partial charge in [-0.15, -0.1) is 6.58 Å². The first kappa shape index (κ1) is 14.2. The first-order chi connectivity index (χ1) is 8.13. The van der Waals surface area contributed by atoms with E-state index in [0.29, 0.717) is 6.54 Å². The van der Waals surface area contributed by atoms with Gasteiger partial charge in [0.05, 0.1) is 12.6 Å². The van der Waals surface area contributed by atoms with Crippen LogP contribution in [0.1, 0.15) is 39.0 Å². The lowest BCUT2D eigenvalue weighted by Gasteiger charge is -2.38. The summed E-state index contributed by atoms with van der Waals surface area (Å²) in [5.74, 6) is -0.0386. The Labute approximate surface area is 103 Å². The first-order valence-corrected chi connectivity index (χ1v) is 6.41. The van der Waals surface area contributed by atoms with E-state index in [0.717, 1.165) is 25.7 Å². The van der Waals surface area contributed by atoms with Crippen LogP contribution in [0.3, 0.4) is 0 Å². The molecule has 1 saturated carbocycles. The predicted octanol–water partition coefficient (Wildman–Crippen LogP) is 0.962. The molecule has 0 aromatic carbocycles. The predicted molar refractivity (Wildman–Crippen MR) is 68.7 cm³/mol. The van der Waals surface area contributed by atoms with E-state index in [2.05, 4.69) is 17.2 Å². The van der Waals surface area contributed by atoms with Crippen molar-refractivity contribution in [3.8, 4) is 0 Å². The Morgan fingerprint density at radius 1 is 1.47 bits per heavy atom. The Kier molecular flexibility index (Phi) is 5.65. The molecule has 98 valence electrons. The van der Waals surface area contributed by atoms with E-state index in [9.17, 15) is 9.90 Å². The lowest BCUT2D eigenvalue weighted by atomic mass is 9.82. The summed E-state index contributed by atoms with van der Waals surface area (Å²) in [4.78, 5) is 11.7. The maximum Gasteiger partial charge on any atom is 0.237 e. The zero-order valence-corrected chi connectivity index (χ0v) is 10.7. The average molecular weight is 240 g/mol. The fraction of sp³-hybridized carbons (Fsp3) is 0.769. The lowest BCUT2D eigenvalue weighted by molar-refractivity contribution is -0.123. The van der Waals surface area contributed by atoms with E-state index in [1.807, 2.05) is 6.92 Å². The van der Waals surface area contributed by atoms with Crippen molar-refractivity contribution in [3.05, 3.63) is 12.7 Å². The van der Waals surface area contributed by atoms with Crippen LogP contribution in [-0.2, 0) is 4.79 Å². The molecular formula is C13H24N2O2. The maximum absolute atomic E-state index is 11.7. The van der Waals surface area contributed by atoms with Gasteiger partial charge in [0.15, 0.2) is 0 Å². The highest BCUT2D eigenvalue weighted by molar-refractivity contribution is 5.81. The van der Waals surface area contributed by atoms with Crippen LogP contribution in [-0.4, -0.2) is 35.7 Å². The van der Waals surface area contributed by atoms with Crippen LogP contribution in [0.25, 0.3) is 0 Å². The molecule has 1 rings (SSSR count). The van der Waals surface area contributed by atoms with Crippen LogP contribution in [0.2, 0.25) is 0 Å². The number of carbonyl (C=O) groups excluding carboxylic acids is 1. The number of amides is 1. The largest absolute Gasteiger partial charge is 0.394 e. The van der Waals surface area contributed by atoms with Crippen LogP contribution in [0.15, 0.2) is 12.7 Å². The first-order valence-electron chi connectivity index (χ1n) is 6.41. The molecule has 4 heteroatoms. The van der Waals surface area contributed by atoms with Gasteiger partial charge in [0.1, 0.15) is 0 Å². The number of carbonyl (C=O) groups is 1. The van der Waals surface area contributed by atoms with Crippen molar-refractivity contribution in [1.82, 2.24) is 10.6 Å². The molecule has 1 unspecified atom stereocenters. The highest BCUT2D eigenvalue weighted by Gasteiger charge is 2.33. The zero-order valence-electron chi connectivity index (χ0n) is 10.7. The molecule has 17 heavy (non-hydrogen) atoms. The second kappa shape index (κ2) is 6.77. The summed E-state index contributed by atoms with van der Waals surface area (Å²) < 4.78 is 0. The summed E-state index contributed by atoms with van der Waals surface area (Å²) in [7, 11) is 0. The molecule has 4 nitrogen and oxygen atoms in total.